The van der Waals surface area contributed by atoms with Gasteiger partial charge in [-0.25, -0.2) is 0 Å². The van der Waals surface area contributed by atoms with E-state index in [1.807, 2.05) is 13.8 Å². The van der Waals surface area contributed by atoms with Crippen LogP contribution < -0.4 is 10.6 Å². The van der Waals surface area contributed by atoms with Gasteiger partial charge >= 0.3 is 0 Å². The number of amides is 2. The standard InChI is InChI=1S/C12H21N3O2.ClH/c1-12(2)11(17)14-6-7-15(12)10(16)9-4-3-5-13-8-9;/h9,13H,3-8H2,1-2H3,(H,14,17);1H/t9-;/m1./s1. The van der Waals surface area contributed by atoms with Gasteiger partial charge in [0.05, 0.1) is 5.92 Å². The first-order valence-corrected chi connectivity index (χ1v) is 6.34. The first-order valence-electron chi connectivity index (χ1n) is 6.34. The minimum atomic E-state index is -0.715. The lowest BCUT2D eigenvalue weighted by atomic mass is 9.92. The summed E-state index contributed by atoms with van der Waals surface area (Å²) >= 11 is 0. The zero-order valence-electron chi connectivity index (χ0n) is 11.0. The Labute approximate surface area is 114 Å². The minimum absolute atomic E-state index is 0. The Morgan fingerprint density at radius 2 is 2.11 bits per heavy atom. The molecule has 0 aliphatic carbocycles. The monoisotopic (exact) mass is 275 g/mol. The van der Waals surface area contributed by atoms with Gasteiger partial charge < -0.3 is 15.5 Å². The van der Waals surface area contributed by atoms with Crippen LogP contribution >= 0.6 is 12.4 Å². The molecule has 0 aromatic rings. The van der Waals surface area contributed by atoms with Gasteiger partial charge in [-0.3, -0.25) is 9.59 Å². The number of nitrogens with one attached hydrogen (secondary N) is 2. The zero-order chi connectivity index (χ0) is 12.5. The Balaban J connectivity index is 0.00000162. The van der Waals surface area contributed by atoms with Gasteiger partial charge in [-0.05, 0) is 33.2 Å². The molecule has 6 heteroatoms. The number of piperidine rings is 1. The van der Waals surface area contributed by atoms with Gasteiger partial charge in [0, 0.05) is 19.6 Å². The van der Waals surface area contributed by atoms with Gasteiger partial charge in [-0.2, -0.15) is 0 Å². The molecule has 0 radical (unpaired) electrons. The number of nitrogens with zero attached hydrogens (tertiary/aromatic N) is 1. The van der Waals surface area contributed by atoms with E-state index in [2.05, 4.69) is 10.6 Å². The molecule has 0 bridgehead atoms. The van der Waals surface area contributed by atoms with E-state index in [0.717, 1.165) is 25.9 Å². The number of piperazine rings is 1. The molecule has 0 unspecified atom stereocenters. The molecule has 2 aliphatic rings. The van der Waals surface area contributed by atoms with Gasteiger partial charge in [0.25, 0.3) is 0 Å². The summed E-state index contributed by atoms with van der Waals surface area (Å²) in [6.07, 6.45) is 1.97. The summed E-state index contributed by atoms with van der Waals surface area (Å²) < 4.78 is 0. The van der Waals surface area contributed by atoms with Crippen molar-refractivity contribution >= 4 is 24.2 Å². The smallest absolute Gasteiger partial charge is 0.245 e. The fourth-order valence-corrected chi connectivity index (χ4v) is 2.57. The Kier molecular flexibility index (Phi) is 4.99. The van der Waals surface area contributed by atoms with Gasteiger partial charge in [0.15, 0.2) is 0 Å². The minimum Gasteiger partial charge on any atom is -0.352 e. The average molecular weight is 276 g/mol. The van der Waals surface area contributed by atoms with Gasteiger partial charge in [0.1, 0.15) is 5.54 Å². The van der Waals surface area contributed by atoms with Crippen molar-refractivity contribution in [2.45, 2.75) is 32.2 Å². The van der Waals surface area contributed by atoms with Crippen LogP contribution in [0.25, 0.3) is 0 Å². The molecule has 2 N–H and O–H groups in total. The molecule has 2 amide bonds. The number of carbonyl (C=O) groups excluding carboxylic acids is 2. The molecule has 5 nitrogen and oxygen atoms in total. The van der Waals surface area contributed by atoms with Crippen molar-refractivity contribution in [1.29, 1.82) is 0 Å². The van der Waals surface area contributed by atoms with Crippen LogP contribution in [-0.2, 0) is 9.59 Å². The fourth-order valence-electron chi connectivity index (χ4n) is 2.57. The van der Waals surface area contributed by atoms with Crippen molar-refractivity contribution in [1.82, 2.24) is 15.5 Å². The van der Waals surface area contributed by atoms with Crippen LogP contribution in [0.4, 0.5) is 0 Å². The van der Waals surface area contributed by atoms with Crippen molar-refractivity contribution < 1.29 is 9.59 Å². The predicted molar refractivity (Wildman–Crippen MR) is 71.6 cm³/mol. The summed E-state index contributed by atoms with van der Waals surface area (Å²) in [5.41, 5.74) is -0.715. The lowest BCUT2D eigenvalue weighted by molar-refractivity contribution is -0.152. The Hall–Kier alpha value is -0.810. The highest BCUT2D eigenvalue weighted by Crippen LogP contribution is 2.22. The topological polar surface area (TPSA) is 61.4 Å². The molecule has 2 saturated heterocycles. The molecular formula is C12H22ClN3O2. The molecule has 2 rings (SSSR count). The van der Waals surface area contributed by atoms with Crippen molar-refractivity contribution in [3.05, 3.63) is 0 Å². The first-order chi connectivity index (χ1) is 8.03. The average Bonchev–Trinajstić information content (AvgIpc) is 2.33. The highest BCUT2D eigenvalue weighted by Gasteiger charge is 2.42. The maximum atomic E-state index is 12.4. The molecule has 18 heavy (non-hydrogen) atoms. The number of hydrogen-bond donors (Lipinski definition) is 2. The summed E-state index contributed by atoms with van der Waals surface area (Å²) in [5.74, 6) is 0.104. The number of rotatable bonds is 1. The second kappa shape index (κ2) is 5.89. The maximum absolute atomic E-state index is 12.4. The Bertz CT molecular complexity index is 327. The van der Waals surface area contributed by atoms with Crippen molar-refractivity contribution in [3.8, 4) is 0 Å². The van der Waals surface area contributed by atoms with E-state index in [4.69, 9.17) is 0 Å². The van der Waals surface area contributed by atoms with E-state index < -0.39 is 5.54 Å². The lowest BCUT2D eigenvalue weighted by Crippen LogP contribution is -2.64. The van der Waals surface area contributed by atoms with Crippen molar-refractivity contribution in [3.63, 3.8) is 0 Å². The normalized spacial score (nSPS) is 27.1. The summed E-state index contributed by atoms with van der Waals surface area (Å²) in [5, 5.41) is 6.06. The Morgan fingerprint density at radius 3 is 2.72 bits per heavy atom. The van der Waals surface area contributed by atoms with E-state index >= 15 is 0 Å². The fraction of sp³-hybridized carbons (Fsp3) is 0.833. The highest BCUT2D eigenvalue weighted by atomic mass is 35.5. The van der Waals surface area contributed by atoms with E-state index in [-0.39, 0.29) is 30.1 Å². The maximum Gasteiger partial charge on any atom is 0.245 e. The number of halogens is 1. The lowest BCUT2D eigenvalue weighted by Gasteiger charge is -2.43. The van der Waals surface area contributed by atoms with E-state index in [9.17, 15) is 9.59 Å². The Morgan fingerprint density at radius 1 is 1.39 bits per heavy atom. The molecule has 1 atom stereocenters. The number of hydrogen-bond acceptors (Lipinski definition) is 3. The molecule has 2 fully saturated rings. The summed E-state index contributed by atoms with van der Waals surface area (Å²) in [4.78, 5) is 26.0. The van der Waals surface area contributed by atoms with Crippen LogP contribution in [0.5, 0.6) is 0 Å². The van der Waals surface area contributed by atoms with E-state index in [0.29, 0.717) is 13.1 Å². The van der Waals surface area contributed by atoms with Crippen LogP contribution in [-0.4, -0.2) is 48.4 Å². The molecule has 0 spiro atoms. The largest absolute Gasteiger partial charge is 0.352 e. The molecule has 2 heterocycles. The van der Waals surface area contributed by atoms with Crippen LogP contribution in [0.15, 0.2) is 0 Å². The summed E-state index contributed by atoms with van der Waals surface area (Å²) in [6.45, 7) is 6.55. The van der Waals surface area contributed by atoms with Gasteiger partial charge in [-0.1, -0.05) is 0 Å². The second-order valence-electron chi connectivity index (χ2n) is 5.35. The predicted octanol–water partition coefficient (Wildman–Crippen LogP) is 0.145. The van der Waals surface area contributed by atoms with Crippen molar-refractivity contribution in [2.24, 2.45) is 5.92 Å². The van der Waals surface area contributed by atoms with Crippen LogP contribution in [0.3, 0.4) is 0 Å². The van der Waals surface area contributed by atoms with Gasteiger partial charge in [0.2, 0.25) is 11.8 Å². The van der Waals surface area contributed by atoms with E-state index in [1.54, 1.807) is 4.90 Å². The third kappa shape index (κ3) is 2.78. The molecule has 0 aromatic carbocycles. The van der Waals surface area contributed by atoms with Gasteiger partial charge in [-0.15, -0.1) is 12.4 Å². The van der Waals surface area contributed by atoms with Crippen LogP contribution in [0.1, 0.15) is 26.7 Å². The second-order valence-corrected chi connectivity index (χ2v) is 5.35. The zero-order valence-corrected chi connectivity index (χ0v) is 11.8. The third-order valence-electron chi connectivity index (χ3n) is 3.76. The van der Waals surface area contributed by atoms with Crippen LogP contribution in [0, 0.1) is 5.92 Å². The summed E-state index contributed by atoms with van der Waals surface area (Å²) in [6, 6.07) is 0. The first kappa shape index (κ1) is 15.2. The SMILES string of the molecule is CC1(C)C(=O)NCCN1C(=O)[C@@H]1CCCNC1.Cl. The molecule has 0 saturated carbocycles. The number of carbonyl (C=O) groups is 2. The van der Waals surface area contributed by atoms with E-state index in [1.165, 1.54) is 0 Å². The quantitative estimate of drug-likeness (QED) is 0.716. The molecular weight excluding hydrogens is 254 g/mol. The summed E-state index contributed by atoms with van der Waals surface area (Å²) in [7, 11) is 0. The molecule has 2 aliphatic heterocycles. The highest BCUT2D eigenvalue weighted by molar-refractivity contribution is 5.92. The molecule has 0 aromatic heterocycles. The van der Waals surface area contributed by atoms with Crippen LogP contribution in [0.2, 0.25) is 0 Å². The third-order valence-corrected chi connectivity index (χ3v) is 3.76. The van der Waals surface area contributed by atoms with Crippen molar-refractivity contribution in [2.75, 3.05) is 26.2 Å². The molecule has 104 valence electrons.